The number of piperazine rings is 1. The van der Waals surface area contributed by atoms with Crippen LogP contribution in [0.3, 0.4) is 0 Å². The van der Waals surface area contributed by atoms with E-state index < -0.39 is 0 Å². The summed E-state index contributed by atoms with van der Waals surface area (Å²) in [6.07, 6.45) is 0. The molecular weight excluding hydrogens is 318 g/mol. The molecule has 24 heavy (non-hydrogen) atoms. The first-order chi connectivity index (χ1) is 11.6. The highest BCUT2D eigenvalue weighted by Gasteiger charge is 2.21. The van der Waals surface area contributed by atoms with Gasteiger partial charge in [-0.25, -0.2) is 0 Å². The maximum atomic E-state index is 12.6. The van der Waals surface area contributed by atoms with Gasteiger partial charge >= 0.3 is 0 Å². The molecule has 0 spiro atoms. The van der Waals surface area contributed by atoms with Crippen LogP contribution in [-0.2, 0) is 4.79 Å². The van der Waals surface area contributed by atoms with E-state index in [0.717, 1.165) is 31.7 Å². The van der Waals surface area contributed by atoms with E-state index in [1.807, 2.05) is 6.07 Å². The normalized spacial score (nSPS) is 17.6. The summed E-state index contributed by atoms with van der Waals surface area (Å²) in [6, 6.07) is 12.5. The highest BCUT2D eigenvalue weighted by molar-refractivity contribution is 7.10. The van der Waals surface area contributed by atoms with Crippen molar-refractivity contribution in [2.24, 2.45) is 0 Å². The quantitative estimate of drug-likeness (QED) is 0.906. The Kier molecular flexibility index (Phi) is 5.66. The van der Waals surface area contributed by atoms with Gasteiger partial charge in [-0.3, -0.25) is 9.69 Å². The van der Waals surface area contributed by atoms with E-state index in [1.165, 1.54) is 10.4 Å². The first-order valence-electron chi connectivity index (χ1n) is 8.42. The number of thiophene rings is 1. The van der Waals surface area contributed by atoms with E-state index in [0.29, 0.717) is 6.54 Å². The van der Waals surface area contributed by atoms with Crippen LogP contribution in [0.5, 0.6) is 0 Å². The van der Waals surface area contributed by atoms with E-state index in [4.69, 9.17) is 0 Å². The number of carbonyl (C=O) groups is 1. The number of nitrogens with zero attached hydrogens (tertiary/aromatic N) is 2. The lowest BCUT2D eigenvalue weighted by molar-refractivity contribution is -0.123. The second-order valence-electron chi connectivity index (χ2n) is 6.51. The van der Waals surface area contributed by atoms with Crippen LogP contribution in [0.25, 0.3) is 0 Å². The van der Waals surface area contributed by atoms with Crippen molar-refractivity contribution in [3.05, 3.63) is 57.8 Å². The Labute approximate surface area is 148 Å². The number of likely N-dealkylation sites (N-methyl/N-ethyl adjacent to an activating group) is 1. The smallest absolute Gasteiger partial charge is 0.234 e. The van der Waals surface area contributed by atoms with E-state index in [-0.39, 0.29) is 11.9 Å². The summed E-state index contributed by atoms with van der Waals surface area (Å²) in [4.78, 5) is 18.3. The molecule has 4 nitrogen and oxygen atoms in total. The van der Waals surface area contributed by atoms with Gasteiger partial charge < -0.3 is 10.2 Å². The Bertz CT molecular complexity index is 646. The zero-order valence-corrected chi connectivity index (χ0v) is 15.2. The summed E-state index contributed by atoms with van der Waals surface area (Å²) in [5.41, 5.74) is 2.36. The largest absolute Gasteiger partial charge is 0.343 e. The molecule has 1 aliphatic heterocycles. The van der Waals surface area contributed by atoms with Crippen molar-refractivity contribution < 1.29 is 4.79 Å². The Hall–Kier alpha value is -1.69. The third-order valence-corrected chi connectivity index (χ3v) is 5.44. The zero-order chi connectivity index (χ0) is 16.9. The van der Waals surface area contributed by atoms with Crippen molar-refractivity contribution in [2.45, 2.75) is 13.0 Å². The molecule has 128 valence electrons. The van der Waals surface area contributed by atoms with Crippen molar-refractivity contribution in [2.75, 3.05) is 39.8 Å². The van der Waals surface area contributed by atoms with Gasteiger partial charge in [0.1, 0.15) is 0 Å². The fourth-order valence-electron chi connectivity index (χ4n) is 2.95. The first kappa shape index (κ1) is 17.1. The van der Waals surface area contributed by atoms with Gasteiger partial charge in [-0.1, -0.05) is 35.9 Å². The van der Waals surface area contributed by atoms with Gasteiger partial charge in [0.15, 0.2) is 0 Å². The molecule has 0 aliphatic carbocycles. The molecule has 1 aromatic heterocycles. The number of hydrogen-bond acceptors (Lipinski definition) is 4. The van der Waals surface area contributed by atoms with Crippen molar-refractivity contribution in [1.82, 2.24) is 15.1 Å². The summed E-state index contributed by atoms with van der Waals surface area (Å²) >= 11 is 1.68. The molecule has 1 N–H and O–H groups in total. The van der Waals surface area contributed by atoms with Gasteiger partial charge in [0, 0.05) is 31.1 Å². The SMILES string of the molecule is Cc1ccc([C@H](NC(=O)CN2CCN(C)CC2)c2cccs2)cc1. The molecule has 1 amide bonds. The molecule has 1 atom stereocenters. The monoisotopic (exact) mass is 343 g/mol. The minimum absolute atomic E-state index is 0.0643. The Morgan fingerprint density at radius 3 is 2.50 bits per heavy atom. The van der Waals surface area contributed by atoms with Crippen molar-refractivity contribution in [3.8, 4) is 0 Å². The van der Waals surface area contributed by atoms with Crippen LogP contribution in [0.1, 0.15) is 22.0 Å². The Morgan fingerprint density at radius 1 is 1.17 bits per heavy atom. The summed E-state index contributed by atoms with van der Waals surface area (Å²) in [5, 5.41) is 5.29. The van der Waals surface area contributed by atoms with Crippen molar-refractivity contribution in [3.63, 3.8) is 0 Å². The fraction of sp³-hybridized carbons (Fsp3) is 0.421. The summed E-state index contributed by atoms with van der Waals surface area (Å²) in [5.74, 6) is 0.0959. The van der Waals surface area contributed by atoms with Gasteiger partial charge in [0.2, 0.25) is 5.91 Å². The van der Waals surface area contributed by atoms with Crippen LogP contribution < -0.4 is 5.32 Å². The number of carbonyl (C=O) groups excluding carboxylic acids is 1. The van der Waals surface area contributed by atoms with Gasteiger partial charge in [0.25, 0.3) is 0 Å². The van der Waals surface area contributed by atoms with E-state index in [9.17, 15) is 4.79 Å². The highest BCUT2D eigenvalue weighted by Crippen LogP contribution is 2.26. The number of aryl methyl sites for hydroxylation is 1. The zero-order valence-electron chi connectivity index (χ0n) is 14.4. The first-order valence-corrected chi connectivity index (χ1v) is 9.30. The summed E-state index contributed by atoms with van der Waals surface area (Å²) in [7, 11) is 2.13. The maximum absolute atomic E-state index is 12.6. The van der Waals surface area contributed by atoms with E-state index in [1.54, 1.807) is 11.3 Å². The standard InChI is InChI=1S/C19H25N3OS/c1-15-5-7-16(8-6-15)19(17-4-3-13-24-17)20-18(23)14-22-11-9-21(2)10-12-22/h3-8,13,19H,9-12,14H2,1-2H3,(H,20,23)/t19-/m0/s1. The Balaban J connectivity index is 1.68. The molecule has 0 saturated carbocycles. The molecule has 1 aliphatic rings. The van der Waals surface area contributed by atoms with E-state index in [2.05, 4.69) is 64.8 Å². The van der Waals surface area contributed by atoms with Crippen LogP contribution in [-0.4, -0.2) is 55.5 Å². The second-order valence-corrected chi connectivity index (χ2v) is 7.49. The molecule has 0 bridgehead atoms. The molecule has 2 aromatic rings. The molecule has 3 rings (SSSR count). The predicted octanol–water partition coefficient (Wildman–Crippen LogP) is 2.51. The van der Waals surface area contributed by atoms with Crippen LogP contribution in [0.2, 0.25) is 0 Å². The van der Waals surface area contributed by atoms with Crippen LogP contribution in [0, 0.1) is 6.92 Å². The molecule has 1 saturated heterocycles. The topological polar surface area (TPSA) is 35.6 Å². The van der Waals surface area contributed by atoms with Crippen LogP contribution in [0.15, 0.2) is 41.8 Å². The summed E-state index contributed by atoms with van der Waals surface area (Å²) in [6.45, 7) is 6.52. The van der Waals surface area contributed by atoms with E-state index >= 15 is 0 Å². The molecular formula is C19H25N3OS. The highest BCUT2D eigenvalue weighted by atomic mass is 32.1. The number of hydrogen-bond donors (Lipinski definition) is 1. The maximum Gasteiger partial charge on any atom is 0.234 e. The minimum Gasteiger partial charge on any atom is -0.343 e. The molecule has 5 heteroatoms. The number of benzene rings is 1. The molecule has 2 heterocycles. The van der Waals surface area contributed by atoms with Gasteiger partial charge in [-0.05, 0) is 31.0 Å². The molecule has 0 unspecified atom stereocenters. The van der Waals surface area contributed by atoms with Crippen molar-refractivity contribution >= 4 is 17.2 Å². The second kappa shape index (κ2) is 7.92. The predicted molar refractivity (Wildman–Crippen MR) is 99.4 cm³/mol. The third-order valence-electron chi connectivity index (χ3n) is 4.51. The Morgan fingerprint density at radius 2 is 1.88 bits per heavy atom. The number of amides is 1. The molecule has 0 radical (unpaired) electrons. The van der Waals surface area contributed by atoms with Gasteiger partial charge in [0.05, 0.1) is 12.6 Å². The lowest BCUT2D eigenvalue weighted by Crippen LogP contribution is -2.48. The van der Waals surface area contributed by atoms with Gasteiger partial charge in [-0.2, -0.15) is 0 Å². The lowest BCUT2D eigenvalue weighted by Gasteiger charge is -2.32. The minimum atomic E-state index is -0.0643. The molecule has 1 aromatic carbocycles. The molecule has 1 fully saturated rings. The van der Waals surface area contributed by atoms with Crippen molar-refractivity contribution in [1.29, 1.82) is 0 Å². The van der Waals surface area contributed by atoms with Gasteiger partial charge in [-0.15, -0.1) is 11.3 Å². The van der Waals surface area contributed by atoms with Crippen LogP contribution >= 0.6 is 11.3 Å². The van der Waals surface area contributed by atoms with Crippen LogP contribution in [0.4, 0.5) is 0 Å². The number of rotatable bonds is 5. The summed E-state index contributed by atoms with van der Waals surface area (Å²) < 4.78 is 0. The lowest BCUT2D eigenvalue weighted by atomic mass is 10.0. The number of nitrogens with one attached hydrogen (secondary N) is 1. The fourth-order valence-corrected chi connectivity index (χ4v) is 3.75. The average molecular weight is 343 g/mol. The average Bonchev–Trinajstić information content (AvgIpc) is 3.10. The third kappa shape index (κ3) is 4.44.